The highest BCUT2D eigenvalue weighted by molar-refractivity contribution is 7.12. The molecule has 0 unspecified atom stereocenters. The van der Waals surface area contributed by atoms with E-state index in [9.17, 15) is 14.0 Å². The largest absolute Gasteiger partial charge is 0.351 e. The number of hydrogen-bond acceptors (Lipinski definition) is 3. The van der Waals surface area contributed by atoms with Crippen molar-refractivity contribution in [1.29, 1.82) is 0 Å². The molecule has 128 valence electrons. The maximum atomic E-state index is 13.2. The lowest BCUT2D eigenvalue weighted by atomic mass is 10.2. The molecule has 2 amide bonds. The standard InChI is InChI=1S/C18H21FN2O2S/c1-2-21(13-14-6-3-7-15(19)12-14)17(22)9-4-10-20-18(23)16-8-5-11-24-16/h3,5-8,11-12H,2,4,9-10,13H2,1H3,(H,20,23). The van der Waals surface area contributed by atoms with Crippen molar-refractivity contribution in [3.05, 3.63) is 58.0 Å². The van der Waals surface area contributed by atoms with Gasteiger partial charge in [0.1, 0.15) is 5.82 Å². The molecule has 1 heterocycles. The van der Waals surface area contributed by atoms with E-state index in [1.165, 1.54) is 23.5 Å². The van der Waals surface area contributed by atoms with Gasteiger partial charge in [0.25, 0.3) is 5.91 Å². The molecule has 0 bridgehead atoms. The third kappa shape index (κ3) is 5.45. The molecule has 2 aromatic rings. The van der Waals surface area contributed by atoms with Gasteiger partial charge in [0.05, 0.1) is 4.88 Å². The first-order chi connectivity index (χ1) is 11.6. The summed E-state index contributed by atoms with van der Waals surface area (Å²) < 4.78 is 13.2. The van der Waals surface area contributed by atoms with Crippen LogP contribution in [0.1, 0.15) is 35.0 Å². The van der Waals surface area contributed by atoms with Gasteiger partial charge < -0.3 is 10.2 Å². The van der Waals surface area contributed by atoms with E-state index >= 15 is 0 Å². The van der Waals surface area contributed by atoms with E-state index in [1.54, 1.807) is 23.1 Å². The molecule has 6 heteroatoms. The summed E-state index contributed by atoms with van der Waals surface area (Å²) in [6.45, 7) is 3.32. The topological polar surface area (TPSA) is 49.4 Å². The van der Waals surface area contributed by atoms with Crippen LogP contribution in [0, 0.1) is 5.82 Å². The van der Waals surface area contributed by atoms with Crippen LogP contribution in [0.25, 0.3) is 0 Å². The van der Waals surface area contributed by atoms with Gasteiger partial charge in [0, 0.05) is 26.1 Å². The molecule has 1 aromatic carbocycles. The molecule has 0 fully saturated rings. The minimum atomic E-state index is -0.299. The average molecular weight is 348 g/mol. The van der Waals surface area contributed by atoms with E-state index in [0.717, 1.165) is 5.56 Å². The lowest BCUT2D eigenvalue weighted by Crippen LogP contribution is -2.31. The van der Waals surface area contributed by atoms with Crippen LogP contribution in [0.4, 0.5) is 4.39 Å². The van der Waals surface area contributed by atoms with Crippen molar-refractivity contribution >= 4 is 23.2 Å². The fourth-order valence-electron chi connectivity index (χ4n) is 2.33. The Bertz CT molecular complexity index is 673. The molecule has 0 saturated carbocycles. The zero-order chi connectivity index (χ0) is 17.4. The maximum Gasteiger partial charge on any atom is 0.261 e. The highest BCUT2D eigenvalue weighted by atomic mass is 32.1. The van der Waals surface area contributed by atoms with Gasteiger partial charge in [-0.15, -0.1) is 11.3 Å². The van der Waals surface area contributed by atoms with E-state index in [2.05, 4.69) is 5.32 Å². The highest BCUT2D eigenvalue weighted by Gasteiger charge is 2.12. The predicted octanol–water partition coefficient (Wildman–Crippen LogP) is 3.45. The first kappa shape index (κ1) is 18.1. The summed E-state index contributed by atoms with van der Waals surface area (Å²) in [5.41, 5.74) is 0.774. The van der Waals surface area contributed by atoms with Gasteiger partial charge in [-0.3, -0.25) is 9.59 Å². The number of rotatable bonds is 8. The van der Waals surface area contributed by atoms with Crippen LogP contribution in [-0.4, -0.2) is 29.8 Å². The quantitative estimate of drug-likeness (QED) is 0.743. The average Bonchev–Trinajstić information content (AvgIpc) is 3.11. The van der Waals surface area contributed by atoms with Crippen LogP contribution in [0.15, 0.2) is 41.8 Å². The first-order valence-corrected chi connectivity index (χ1v) is 8.82. The van der Waals surface area contributed by atoms with Crippen LogP contribution in [0.3, 0.4) is 0 Å². The van der Waals surface area contributed by atoms with E-state index in [0.29, 0.717) is 37.4 Å². The Hall–Kier alpha value is -2.21. The Morgan fingerprint density at radius 2 is 2.08 bits per heavy atom. The van der Waals surface area contributed by atoms with E-state index in [1.807, 2.05) is 18.4 Å². The van der Waals surface area contributed by atoms with Crippen LogP contribution >= 0.6 is 11.3 Å². The summed E-state index contributed by atoms with van der Waals surface area (Å²) >= 11 is 1.39. The molecule has 0 aliphatic carbocycles. The van der Waals surface area contributed by atoms with Crippen LogP contribution in [-0.2, 0) is 11.3 Å². The number of halogens is 1. The zero-order valence-corrected chi connectivity index (χ0v) is 14.4. The van der Waals surface area contributed by atoms with E-state index in [-0.39, 0.29) is 17.6 Å². The number of nitrogens with zero attached hydrogens (tertiary/aromatic N) is 1. The molecule has 2 rings (SSSR count). The summed E-state index contributed by atoms with van der Waals surface area (Å²) in [5.74, 6) is -0.399. The summed E-state index contributed by atoms with van der Waals surface area (Å²) in [6, 6.07) is 9.87. The minimum Gasteiger partial charge on any atom is -0.351 e. The fraction of sp³-hybridized carbons (Fsp3) is 0.333. The van der Waals surface area contributed by atoms with Gasteiger partial charge in [-0.25, -0.2) is 4.39 Å². The normalized spacial score (nSPS) is 10.4. The van der Waals surface area contributed by atoms with Crippen molar-refractivity contribution in [2.24, 2.45) is 0 Å². The molecule has 1 aromatic heterocycles. The second kappa shape index (κ2) is 9.17. The summed E-state index contributed by atoms with van der Waals surface area (Å²) in [4.78, 5) is 26.4. The molecular weight excluding hydrogens is 327 g/mol. The number of carbonyl (C=O) groups excluding carboxylic acids is 2. The lowest BCUT2D eigenvalue weighted by molar-refractivity contribution is -0.131. The van der Waals surface area contributed by atoms with Crippen LogP contribution in [0.5, 0.6) is 0 Å². The fourth-order valence-corrected chi connectivity index (χ4v) is 2.97. The Balaban J connectivity index is 1.74. The number of nitrogens with one attached hydrogen (secondary N) is 1. The van der Waals surface area contributed by atoms with E-state index < -0.39 is 0 Å². The second-order valence-electron chi connectivity index (χ2n) is 5.37. The van der Waals surface area contributed by atoms with Gasteiger partial charge in [-0.2, -0.15) is 0 Å². The number of carbonyl (C=O) groups is 2. The van der Waals surface area contributed by atoms with Crippen molar-refractivity contribution in [2.45, 2.75) is 26.3 Å². The predicted molar refractivity (Wildman–Crippen MR) is 93.4 cm³/mol. The van der Waals surface area contributed by atoms with Gasteiger partial charge in [0.15, 0.2) is 0 Å². The summed E-state index contributed by atoms with van der Waals surface area (Å²) in [5, 5.41) is 4.66. The summed E-state index contributed by atoms with van der Waals surface area (Å²) in [6.07, 6.45) is 0.934. The molecule has 0 spiro atoms. The van der Waals surface area contributed by atoms with Crippen LogP contribution < -0.4 is 5.32 Å². The Morgan fingerprint density at radius 1 is 1.25 bits per heavy atom. The Kier molecular flexibility index (Phi) is 6.93. The first-order valence-electron chi connectivity index (χ1n) is 7.94. The third-order valence-electron chi connectivity index (χ3n) is 3.59. The van der Waals surface area contributed by atoms with Gasteiger partial charge in [-0.05, 0) is 42.5 Å². The molecule has 1 N–H and O–H groups in total. The molecule has 0 aliphatic rings. The van der Waals surface area contributed by atoms with Gasteiger partial charge in [-0.1, -0.05) is 18.2 Å². The molecule has 0 atom stereocenters. The third-order valence-corrected chi connectivity index (χ3v) is 4.46. The number of amides is 2. The smallest absolute Gasteiger partial charge is 0.261 e. The van der Waals surface area contributed by atoms with Crippen molar-refractivity contribution in [3.8, 4) is 0 Å². The second-order valence-corrected chi connectivity index (χ2v) is 6.32. The molecule has 0 radical (unpaired) electrons. The van der Waals surface area contributed by atoms with Gasteiger partial charge >= 0.3 is 0 Å². The molecule has 0 aliphatic heterocycles. The Morgan fingerprint density at radius 3 is 2.75 bits per heavy atom. The Labute approximate surface area is 145 Å². The monoisotopic (exact) mass is 348 g/mol. The molecule has 4 nitrogen and oxygen atoms in total. The number of hydrogen-bond donors (Lipinski definition) is 1. The van der Waals surface area contributed by atoms with Crippen molar-refractivity contribution in [2.75, 3.05) is 13.1 Å². The number of benzene rings is 1. The van der Waals surface area contributed by atoms with Crippen molar-refractivity contribution in [1.82, 2.24) is 10.2 Å². The minimum absolute atomic E-state index is 0.00661. The number of thiophene rings is 1. The lowest BCUT2D eigenvalue weighted by Gasteiger charge is -2.21. The highest BCUT2D eigenvalue weighted by Crippen LogP contribution is 2.10. The van der Waals surface area contributed by atoms with Gasteiger partial charge in [0.2, 0.25) is 5.91 Å². The van der Waals surface area contributed by atoms with Crippen molar-refractivity contribution < 1.29 is 14.0 Å². The van der Waals surface area contributed by atoms with E-state index in [4.69, 9.17) is 0 Å². The summed E-state index contributed by atoms with van der Waals surface area (Å²) in [7, 11) is 0. The molecule has 0 saturated heterocycles. The zero-order valence-electron chi connectivity index (χ0n) is 13.6. The maximum absolute atomic E-state index is 13.2. The van der Waals surface area contributed by atoms with Crippen molar-refractivity contribution in [3.63, 3.8) is 0 Å². The van der Waals surface area contributed by atoms with Crippen LogP contribution in [0.2, 0.25) is 0 Å². The SMILES string of the molecule is CCN(Cc1cccc(F)c1)C(=O)CCCNC(=O)c1cccs1. The molecule has 24 heavy (non-hydrogen) atoms. The molecular formula is C18H21FN2O2S.